The molecule has 1 amide bonds. The number of hydrogen-bond donors (Lipinski definition) is 1. The summed E-state index contributed by atoms with van der Waals surface area (Å²) < 4.78 is 8.54. The van der Waals surface area contributed by atoms with Gasteiger partial charge in [-0.1, -0.05) is 42.4 Å². The monoisotopic (exact) mass is 482 g/mol. The Kier molecular flexibility index (Phi) is 6.66. The van der Waals surface area contributed by atoms with Crippen LogP contribution in [0.5, 0.6) is 5.75 Å². The Morgan fingerprint density at radius 3 is 2.64 bits per heavy atom. The van der Waals surface area contributed by atoms with Crippen LogP contribution in [0.25, 0.3) is 16.0 Å². The number of methoxy groups -OCH3 is 1. The minimum atomic E-state index is -0.615. The summed E-state index contributed by atoms with van der Waals surface area (Å²) in [6.07, 6.45) is 0. The van der Waals surface area contributed by atoms with Gasteiger partial charge in [0.15, 0.2) is 9.99 Å². The molecule has 0 aliphatic heterocycles. The number of hydrogen-bond acceptors (Lipinski definition) is 7. The number of ether oxygens (including phenoxy) is 1. The van der Waals surface area contributed by atoms with Crippen LogP contribution in [0, 0.1) is 6.92 Å². The lowest BCUT2D eigenvalue weighted by molar-refractivity contribution is -0.116. The first-order valence-electron chi connectivity index (χ1n) is 10.2. The number of nitrogens with zero attached hydrogens (tertiary/aromatic N) is 3. The molecule has 0 saturated carbocycles. The summed E-state index contributed by atoms with van der Waals surface area (Å²) in [4.78, 5) is 44.0. The molecule has 0 radical (unpaired) electrons. The average Bonchev–Trinajstić information content (AvgIpc) is 3.22. The number of aromatic nitrogens is 3. The number of fused-ring (bicyclic) bond motifs is 1. The van der Waals surface area contributed by atoms with Gasteiger partial charge in [0.25, 0.3) is 5.56 Å². The van der Waals surface area contributed by atoms with Crippen molar-refractivity contribution in [2.45, 2.75) is 24.7 Å². The van der Waals surface area contributed by atoms with E-state index in [1.165, 1.54) is 27.7 Å². The van der Waals surface area contributed by atoms with Crippen molar-refractivity contribution < 1.29 is 9.53 Å². The minimum absolute atomic E-state index is 0.218. The zero-order chi connectivity index (χ0) is 23.5. The molecule has 10 heteroatoms. The number of carbonyl (C=O) groups is 1. The second kappa shape index (κ2) is 9.63. The van der Waals surface area contributed by atoms with Gasteiger partial charge in [0.05, 0.1) is 12.8 Å². The minimum Gasteiger partial charge on any atom is -0.497 e. The third-order valence-corrected chi connectivity index (χ3v) is 6.94. The Labute approximate surface area is 197 Å². The number of rotatable bonds is 7. The molecule has 2 aromatic carbocycles. The summed E-state index contributed by atoms with van der Waals surface area (Å²) in [5.74, 6) is 0.950. The fraction of sp³-hybridized carbons (Fsp3) is 0.217. The first-order valence-corrected chi connectivity index (χ1v) is 12.0. The highest BCUT2D eigenvalue weighted by Gasteiger charge is 2.20. The maximum atomic E-state index is 13.4. The summed E-state index contributed by atoms with van der Waals surface area (Å²) in [6.45, 7) is 3.61. The predicted octanol–water partition coefficient (Wildman–Crippen LogP) is 3.68. The van der Waals surface area contributed by atoms with E-state index in [1.807, 2.05) is 26.0 Å². The summed E-state index contributed by atoms with van der Waals surface area (Å²) in [5, 5.41) is 2.77. The van der Waals surface area contributed by atoms with Crippen molar-refractivity contribution >= 4 is 45.0 Å². The molecule has 0 bridgehead atoms. The van der Waals surface area contributed by atoms with Gasteiger partial charge in [-0.3, -0.25) is 14.2 Å². The highest BCUT2D eigenvalue weighted by atomic mass is 32.2. The van der Waals surface area contributed by atoms with Crippen molar-refractivity contribution in [3.8, 4) is 11.4 Å². The van der Waals surface area contributed by atoms with Gasteiger partial charge in [-0.25, -0.2) is 14.3 Å². The van der Waals surface area contributed by atoms with Gasteiger partial charge in [0.1, 0.15) is 17.0 Å². The zero-order valence-corrected chi connectivity index (χ0v) is 20.0. The van der Waals surface area contributed by atoms with E-state index in [0.717, 1.165) is 15.9 Å². The molecular formula is C23H22N4O4S2. The van der Waals surface area contributed by atoms with E-state index in [4.69, 9.17) is 4.74 Å². The van der Waals surface area contributed by atoms with Gasteiger partial charge in [-0.15, -0.1) is 11.3 Å². The van der Waals surface area contributed by atoms with Gasteiger partial charge in [-0.2, -0.15) is 0 Å². The van der Waals surface area contributed by atoms with Crippen LogP contribution in [0.15, 0.2) is 62.5 Å². The standard InChI is InChI=1S/C23H22N4O4S2/c1-4-32-22-25-20-19(33-22)21(29)27(16-10-8-14(2)9-11-16)23(30)26(20)13-18(28)24-15-6-5-7-17(12-15)31-3/h5-12H,4,13H2,1-3H3,(H,24,28). The zero-order valence-electron chi connectivity index (χ0n) is 18.3. The molecule has 0 aliphatic carbocycles. The van der Waals surface area contributed by atoms with Crippen LogP contribution in [0.3, 0.4) is 0 Å². The molecule has 2 aromatic heterocycles. The summed E-state index contributed by atoms with van der Waals surface area (Å²) in [7, 11) is 1.54. The Bertz CT molecular complexity index is 1440. The maximum Gasteiger partial charge on any atom is 0.337 e. The largest absolute Gasteiger partial charge is 0.497 e. The van der Waals surface area contributed by atoms with Crippen LogP contribution in [0.4, 0.5) is 5.69 Å². The highest BCUT2D eigenvalue weighted by Crippen LogP contribution is 2.27. The van der Waals surface area contributed by atoms with Crippen LogP contribution in [-0.2, 0) is 11.3 Å². The molecule has 0 saturated heterocycles. The van der Waals surface area contributed by atoms with Crippen LogP contribution in [0.1, 0.15) is 12.5 Å². The maximum absolute atomic E-state index is 13.4. The van der Waals surface area contributed by atoms with E-state index >= 15 is 0 Å². The lowest BCUT2D eigenvalue weighted by Gasteiger charge is -2.12. The topological polar surface area (TPSA) is 95.2 Å². The molecule has 4 rings (SSSR count). The molecule has 170 valence electrons. The molecule has 0 fully saturated rings. The first-order chi connectivity index (χ1) is 15.9. The third kappa shape index (κ3) is 4.71. The van der Waals surface area contributed by atoms with Crippen LogP contribution < -0.4 is 21.3 Å². The van der Waals surface area contributed by atoms with Gasteiger partial charge in [-0.05, 0) is 36.9 Å². The van der Waals surface area contributed by atoms with E-state index in [-0.39, 0.29) is 12.2 Å². The molecule has 0 spiro atoms. The van der Waals surface area contributed by atoms with Crippen molar-refractivity contribution in [3.63, 3.8) is 0 Å². The second-order valence-corrected chi connectivity index (χ2v) is 9.70. The molecule has 2 heterocycles. The Hall–Kier alpha value is -3.37. The first kappa shape index (κ1) is 22.8. The normalized spacial score (nSPS) is 11.0. The van der Waals surface area contributed by atoms with Crippen molar-refractivity contribution in [2.75, 3.05) is 18.2 Å². The van der Waals surface area contributed by atoms with Crippen LogP contribution in [-0.4, -0.2) is 32.9 Å². The van der Waals surface area contributed by atoms with E-state index in [0.29, 0.717) is 26.2 Å². The van der Waals surface area contributed by atoms with E-state index in [2.05, 4.69) is 10.3 Å². The van der Waals surface area contributed by atoms with Gasteiger partial charge >= 0.3 is 5.69 Å². The molecule has 33 heavy (non-hydrogen) atoms. The molecule has 8 nitrogen and oxygen atoms in total. The van der Waals surface area contributed by atoms with E-state index in [1.54, 1.807) is 43.5 Å². The van der Waals surface area contributed by atoms with E-state index in [9.17, 15) is 14.4 Å². The van der Waals surface area contributed by atoms with Gasteiger partial charge < -0.3 is 10.1 Å². The predicted molar refractivity (Wildman–Crippen MR) is 132 cm³/mol. The number of thioether (sulfide) groups is 1. The number of thiazole rings is 1. The quantitative estimate of drug-likeness (QED) is 0.404. The lowest BCUT2D eigenvalue weighted by atomic mass is 10.2. The van der Waals surface area contributed by atoms with Crippen molar-refractivity contribution in [1.82, 2.24) is 14.1 Å². The van der Waals surface area contributed by atoms with Crippen LogP contribution >= 0.6 is 23.1 Å². The molecule has 0 aliphatic rings. The Morgan fingerprint density at radius 2 is 1.94 bits per heavy atom. The average molecular weight is 483 g/mol. The van der Waals surface area contributed by atoms with E-state index < -0.39 is 17.2 Å². The number of anilines is 1. The fourth-order valence-electron chi connectivity index (χ4n) is 3.31. The summed E-state index contributed by atoms with van der Waals surface area (Å²) >= 11 is 2.71. The SMILES string of the molecule is CCSc1nc2c(s1)c(=O)n(-c1ccc(C)cc1)c(=O)n2CC(=O)Nc1cccc(OC)c1. The van der Waals surface area contributed by atoms with Crippen molar-refractivity contribution in [1.29, 1.82) is 0 Å². The molecule has 1 N–H and O–H groups in total. The van der Waals surface area contributed by atoms with Gasteiger partial charge in [0, 0.05) is 11.8 Å². The molecule has 4 aromatic rings. The number of aryl methyl sites for hydroxylation is 1. The van der Waals surface area contributed by atoms with Crippen molar-refractivity contribution in [3.05, 3.63) is 74.9 Å². The lowest BCUT2D eigenvalue weighted by Crippen LogP contribution is -2.40. The summed E-state index contributed by atoms with van der Waals surface area (Å²) in [6, 6.07) is 14.0. The number of nitrogens with one attached hydrogen (secondary N) is 1. The third-order valence-electron chi connectivity index (χ3n) is 4.88. The summed E-state index contributed by atoms with van der Waals surface area (Å²) in [5.41, 5.74) is 1.15. The molecular weight excluding hydrogens is 460 g/mol. The highest BCUT2D eigenvalue weighted by molar-refractivity contribution is 8.01. The smallest absolute Gasteiger partial charge is 0.337 e. The fourth-order valence-corrected chi connectivity index (χ4v) is 5.28. The number of benzene rings is 2. The molecule has 0 unspecified atom stereocenters. The van der Waals surface area contributed by atoms with Crippen LogP contribution in [0.2, 0.25) is 0 Å². The van der Waals surface area contributed by atoms with Crippen molar-refractivity contribution in [2.24, 2.45) is 0 Å². The Morgan fingerprint density at radius 1 is 1.18 bits per heavy atom. The molecule has 0 atom stereocenters. The number of carbonyl (C=O) groups excluding carboxylic acids is 1. The number of amides is 1. The Balaban J connectivity index is 1.81. The van der Waals surface area contributed by atoms with Gasteiger partial charge in [0.2, 0.25) is 5.91 Å². The second-order valence-electron chi connectivity index (χ2n) is 7.19.